The van der Waals surface area contributed by atoms with Crippen molar-refractivity contribution in [1.29, 1.82) is 0 Å². The Morgan fingerprint density at radius 2 is 1.40 bits per heavy atom. The van der Waals surface area contributed by atoms with E-state index in [1.54, 1.807) is 11.8 Å². The molecule has 0 saturated carbocycles. The van der Waals surface area contributed by atoms with Crippen LogP contribution in [-0.2, 0) is 14.4 Å². The zero-order valence-corrected chi connectivity index (χ0v) is 13.8. The highest BCUT2D eigenvalue weighted by molar-refractivity contribution is 6.21. The van der Waals surface area contributed by atoms with Crippen LogP contribution in [0.2, 0.25) is 0 Å². The first kappa shape index (κ1) is 15.6. The topological polar surface area (TPSA) is 57.7 Å². The number of fused-ring (bicyclic) bond motifs is 1. The van der Waals surface area contributed by atoms with Crippen LogP contribution in [0, 0.1) is 11.8 Å². The number of para-hydroxylation sites is 1. The number of hydrogen-bond donors (Lipinski definition) is 0. The number of benzene rings is 2. The zero-order valence-electron chi connectivity index (χ0n) is 13.8. The lowest BCUT2D eigenvalue weighted by Gasteiger charge is -2.29. The molecule has 2 aromatic carbocycles. The first-order chi connectivity index (χ1) is 12.1. The molecule has 0 aliphatic carbocycles. The highest BCUT2D eigenvalue weighted by Crippen LogP contribution is 2.48. The summed E-state index contributed by atoms with van der Waals surface area (Å²) in [6.45, 7) is 2.05. The van der Waals surface area contributed by atoms with Gasteiger partial charge in [-0.05, 0) is 24.6 Å². The Hall–Kier alpha value is -2.95. The van der Waals surface area contributed by atoms with Crippen LogP contribution in [0.15, 0.2) is 60.7 Å². The van der Waals surface area contributed by atoms with Crippen molar-refractivity contribution in [3.63, 3.8) is 0 Å². The third-order valence-corrected chi connectivity index (χ3v) is 5.06. The van der Waals surface area contributed by atoms with Gasteiger partial charge in [0.05, 0.1) is 12.0 Å². The first-order valence-electron chi connectivity index (χ1n) is 8.43. The van der Waals surface area contributed by atoms with Crippen LogP contribution in [0.1, 0.15) is 18.5 Å². The third kappa shape index (κ3) is 2.19. The Bertz CT molecular complexity index is 835. The van der Waals surface area contributed by atoms with Crippen molar-refractivity contribution in [2.75, 3.05) is 11.4 Å². The Labute approximate surface area is 145 Å². The quantitative estimate of drug-likeness (QED) is 0.640. The lowest BCUT2D eigenvalue weighted by molar-refractivity contribution is -0.141. The van der Waals surface area contributed by atoms with Gasteiger partial charge in [-0.2, -0.15) is 0 Å². The van der Waals surface area contributed by atoms with Crippen molar-refractivity contribution in [3.8, 4) is 0 Å². The number of anilines is 1. The molecule has 0 radical (unpaired) electrons. The molecule has 5 heteroatoms. The summed E-state index contributed by atoms with van der Waals surface area (Å²) >= 11 is 0. The van der Waals surface area contributed by atoms with Crippen LogP contribution in [0.4, 0.5) is 5.69 Å². The molecule has 4 rings (SSSR count). The van der Waals surface area contributed by atoms with Gasteiger partial charge in [-0.3, -0.25) is 19.3 Å². The van der Waals surface area contributed by atoms with E-state index in [4.69, 9.17) is 0 Å². The Morgan fingerprint density at radius 1 is 0.800 bits per heavy atom. The molecule has 2 aliphatic rings. The highest BCUT2D eigenvalue weighted by Gasteiger charge is 2.62. The Morgan fingerprint density at radius 3 is 2.00 bits per heavy atom. The smallest absolute Gasteiger partial charge is 0.242 e. The Balaban J connectivity index is 1.87. The van der Waals surface area contributed by atoms with Crippen LogP contribution in [0.25, 0.3) is 0 Å². The zero-order chi connectivity index (χ0) is 17.6. The lowest BCUT2D eigenvalue weighted by atomic mass is 9.88. The van der Waals surface area contributed by atoms with Gasteiger partial charge >= 0.3 is 0 Å². The summed E-state index contributed by atoms with van der Waals surface area (Å²) in [6, 6.07) is 18.2. The summed E-state index contributed by atoms with van der Waals surface area (Å²) < 4.78 is 0. The molecule has 3 amide bonds. The van der Waals surface area contributed by atoms with E-state index >= 15 is 0 Å². The molecule has 2 saturated heterocycles. The van der Waals surface area contributed by atoms with E-state index in [0.29, 0.717) is 12.2 Å². The fourth-order valence-electron chi connectivity index (χ4n) is 3.97. The van der Waals surface area contributed by atoms with Gasteiger partial charge in [0.1, 0.15) is 5.92 Å². The minimum atomic E-state index is -0.919. The molecule has 5 nitrogen and oxygen atoms in total. The number of likely N-dealkylation sites (tertiary alicyclic amines) is 1. The number of imide groups is 1. The second kappa shape index (κ2) is 5.84. The van der Waals surface area contributed by atoms with E-state index in [1.165, 1.54) is 4.90 Å². The number of nitrogens with zero attached hydrogens (tertiary/aromatic N) is 2. The molecule has 0 unspecified atom stereocenters. The number of hydrogen-bond acceptors (Lipinski definition) is 3. The normalized spacial score (nSPS) is 25.6. The minimum Gasteiger partial charge on any atom is -0.303 e. The molecule has 2 aliphatic heterocycles. The summed E-state index contributed by atoms with van der Waals surface area (Å²) in [7, 11) is 0. The van der Waals surface area contributed by atoms with E-state index in [9.17, 15) is 14.4 Å². The van der Waals surface area contributed by atoms with Crippen molar-refractivity contribution in [2.24, 2.45) is 11.8 Å². The largest absolute Gasteiger partial charge is 0.303 e. The summed E-state index contributed by atoms with van der Waals surface area (Å²) in [5.74, 6) is -2.50. The predicted octanol–water partition coefficient (Wildman–Crippen LogP) is 2.40. The van der Waals surface area contributed by atoms with Crippen LogP contribution < -0.4 is 4.90 Å². The molecular formula is C20H18N2O3. The van der Waals surface area contributed by atoms with Gasteiger partial charge in [-0.25, -0.2) is 0 Å². The van der Waals surface area contributed by atoms with Crippen LogP contribution in [-0.4, -0.2) is 29.2 Å². The molecule has 2 aromatic rings. The molecule has 0 N–H and O–H groups in total. The van der Waals surface area contributed by atoms with Gasteiger partial charge in [-0.15, -0.1) is 0 Å². The van der Waals surface area contributed by atoms with Crippen molar-refractivity contribution in [2.45, 2.75) is 13.0 Å². The molecule has 3 atom stereocenters. The SMILES string of the molecule is CCN1C(=O)[C@H]2C(=O)N(c3ccccc3)[C@H](c3ccccc3)[C@@H]2C1=O. The maximum atomic E-state index is 13.1. The molecule has 0 bridgehead atoms. The van der Waals surface area contributed by atoms with Crippen LogP contribution in [0.5, 0.6) is 0 Å². The third-order valence-electron chi connectivity index (χ3n) is 5.06. The molecule has 0 spiro atoms. The van der Waals surface area contributed by atoms with E-state index in [0.717, 1.165) is 5.56 Å². The molecule has 0 aromatic heterocycles. The van der Waals surface area contributed by atoms with E-state index < -0.39 is 17.9 Å². The van der Waals surface area contributed by atoms with E-state index in [2.05, 4.69) is 0 Å². The fourth-order valence-corrected chi connectivity index (χ4v) is 3.97. The number of amides is 3. The van der Waals surface area contributed by atoms with Crippen molar-refractivity contribution >= 4 is 23.4 Å². The highest BCUT2D eigenvalue weighted by atomic mass is 16.2. The van der Waals surface area contributed by atoms with Gasteiger partial charge in [-0.1, -0.05) is 48.5 Å². The summed E-state index contributed by atoms with van der Waals surface area (Å²) in [5, 5.41) is 0. The lowest BCUT2D eigenvalue weighted by Crippen LogP contribution is -2.39. The van der Waals surface area contributed by atoms with Crippen LogP contribution >= 0.6 is 0 Å². The fraction of sp³-hybridized carbons (Fsp3) is 0.250. The van der Waals surface area contributed by atoms with Gasteiger partial charge in [0.2, 0.25) is 17.7 Å². The maximum absolute atomic E-state index is 13.1. The van der Waals surface area contributed by atoms with E-state index in [1.807, 2.05) is 60.7 Å². The maximum Gasteiger partial charge on any atom is 0.242 e. The second-order valence-corrected chi connectivity index (χ2v) is 6.32. The van der Waals surface area contributed by atoms with Crippen molar-refractivity contribution < 1.29 is 14.4 Å². The standard InChI is InChI=1S/C20H18N2O3/c1-2-21-18(23)15-16(19(21)24)20(25)22(14-11-7-4-8-12-14)17(15)13-9-5-3-6-10-13/h3-12,15-17H,2H2,1H3/t15-,16+,17-/m1/s1. The minimum absolute atomic E-state index is 0.252. The van der Waals surface area contributed by atoms with Crippen LogP contribution in [0.3, 0.4) is 0 Å². The second-order valence-electron chi connectivity index (χ2n) is 6.32. The summed E-state index contributed by atoms with van der Waals surface area (Å²) in [5.41, 5.74) is 1.57. The molecule has 25 heavy (non-hydrogen) atoms. The summed E-state index contributed by atoms with van der Waals surface area (Å²) in [4.78, 5) is 41.5. The summed E-state index contributed by atoms with van der Waals surface area (Å²) in [6.07, 6.45) is 0. The molecule has 2 fully saturated rings. The predicted molar refractivity (Wildman–Crippen MR) is 92.5 cm³/mol. The average Bonchev–Trinajstić information content (AvgIpc) is 3.09. The molecular weight excluding hydrogens is 316 g/mol. The van der Waals surface area contributed by atoms with Gasteiger partial charge < -0.3 is 4.90 Å². The number of carbonyl (C=O) groups excluding carboxylic acids is 3. The van der Waals surface area contributed by atoms with E-state index in [-0.39, 0.29) is 17.7 Å². The van der Waals surface area contributed by atoms with Crippen molar-refractivity contribution in [1.82, 2.24) is 4.90 Å². The molecule has 2 heterocycles. The molecule has 126 valence electrons. The first-order valence-corrected chi connectivity index (χ1v) is 8.43. The van der Waals surface area contributed by atoms with Gasteiger partial charge in [0.15, 0.2) is 0 Å². The number of rotatable bonds is 3. The van der Waals surface area contributed by atoms with Gasteiger partial charge in [0.25, 0.3) is 0 Å². The number of carbonyl (C=O) groups is 3. The van der Waals surface area contributed by atoms with Crippen molar-refractivity contribution in [3.05, 3.63) is 66.2 Å². The average molecular weight is 334 g/mol. The monoisotopic (exact) mass is 334 g/mol. The van der Waals surface area contributed by atoms with Gasteiger partial charge in [0, 0.05) is 12.2 Å². The Kier molecular flexibility index (Phi) is 3.64.